The summed E-state index contributed by atoms with van der Waals surface area (Å²) < 4.78 is 7.12. The van der Waals surface area contributed by atoms with Crippen molar-refractivity contribution >= 4 is 27.5 Å². The van der Waals surface area contributed by atoms with E-state index < -0.39 is 0 Å². The first-order valence-corrected chi connectivity index (χ1v) is 8.14. The van der Waals surface area contributed by atoms with Crippen LogP contribution in [0.25, 0.3) is 0 Å². The Labute approximate surface area is 139 Å². The second-order valence-corrected chi connectivity index (χ2v) is 6.34. The van der Waals surface area contributed by atoms with Crippen molar-refractivity contribution < 1.29 is 4.74 Å². The highest BCUT2D eigenvalue weighted by molar-refractivity contribution is 9.10. The molecule has 0 radical (unpaired) electrons. The molecule has 112 valence electrons. The van der Waals surface area contributed by atoms with Crippen LogP contribution in [-0.2, 0) is 11.3 Å². The molecule has 2 nitrogen and oxygen atoms in total. The predicted molar refractivity (Wildman–Crippen MR) is 91.4 cm³/mol. The number of nitrogens with two attached hydrogens (primary N) is 1. The smallest absolute Gasteiger partial charge is 0.0980 e. The van der Waals surface area contributed by atoms with Crippen LogP contribution < -0.4 is 5.73 Å². The molecular formula is C17H19BrClNO. The highest BCUT2D eigenvalue weighted by atomic mass is 79.9. The van der Waals surface area contributed by atoms with Crippen molar-refractivity contribution in [3.8, 4) is 0 Å². The van der Waals surface area contributed by atoms with Crippen LogP contribution in [0.1, 0.15) is 30.6 Å². The summed E-state index contributed by atoms with van der Waals surface area (Å²) in [5.41, 5.74) is 8.35. The molecule has 0 saturated heterocycles. The lowest BCUT2D eigenvalue weighted by atomic mass is 10.0. The second-order valence-electron chi connectivity index (χ2n) is 4.99. The molecule has 0 aliphatic carbocycles. The maximum atomic E-state index is 6.21. The summed E-state index contributed by atoms with van der Waals surface area (Å²) in [6.45, 7) is 2.59. The third-order valence-electron chi connectivity index (χ3n) is 3.38. The van der Waals surface area contributed by atoms with Crippen LogP contribution in [0.5, 0.6) is 0 Å². The molecule has 2 unspecified atom stereocenters. The van der Waals surface area contributed by atoms with Crippen molar-refractivity contribution in [2.45, 2.75) is 32.1 Å². The molecular weight excluding hydrogens is 350 g/mol. The number of hydrogen-bond acceptors (Lipinski definition) is 2. The van der Waals surface area contributed by atoms with E-state index in [1.165, 1.54) is 0 Å². The molecule has 2 atom stereocenters. The summed E-state index contributed by atoms with van der Waals surface area (Å²) in [4.78, 5) is 0. The lowest BCUT2D eigenvalue weighted by molar-refractivity contribution is 0.0213. The van der Waals surface area contributed by atoms with Crippen LogP contribution in [0.15, 0.2) is 53.0 Å². The normalized spacial score (nSPS) is 13.9. The molecule has 2 aromatic carbocycles. The molecule has 2 rings (SSSR count). The van der Waals surface area contributed by atoms with Crippen molar-refractivity contribution in [2.24, 2.45) is 5.73 Å². The fourth-order valence-electron chi connectivity index (χ4n) is 2.13. The Bertz CT molecular complexity index is 573. The fraction of sp³-hybridized carbons (Fsp3) is 0.294. The number of hydrogen-bond donors (Lipinski definition) is 1. The highest BCUT2D eigenvalue weighted by Gasteiger charge is 2.19. The Morgan fingerprint density at radius 1 is 1.19 bits per heavy atom. The van der Waals surface area contributed by atoms with Crippen molar-refractivity contribution in [3.63, 3.8) is 0 Å². The first-order chi connectivity index (χ1) is 10.1. The van der Waals surface area contributed by atoms with Gasteiger partial charge in [0.15, 0.2) is 0 Å². The summed E-state index contributed by atoms with van der Waals surface area (Å²) in [7, 11) is 0. The Morgan fingerprint density at radius 2 is 1.90 bits per heavy atom. The maximum Gasteiger partial charge on any atom is 0.0980 e. The minimum Gasteiger partial charge on any atom is -0.367 e. The predicted octanol–water partition coefficient (Wildman–Crippen LogP) is 5.10. The van der Waals surface area contributed by atoms with E-state index in [2.05, 4.69) is 22.9 Å². The molecule has 2 aromatic rings. The highest BCUT2D eigenvalue weighted by Crippen LogP contribution is 2.26. The molecule has 0 fully saturated rings. The summed E-state index contributed by atoms with van der Waals surface area (Å²) >= 11 is 9.50. The van der Waals surface area contributed by atoms with Gasteiger partial charge in [-0.2, -0.15) is 0 Å². The SMILES string of the molecule is CCC(N)C(OCc1ccc(Br)cc1)c1cccc(Cl)c1. The average molecular weight is 369 g/mol. The van der Waals surface area contributed by atoms with Gasteiger partial charge in [0, 0.05) is 15.5 Å². The molecule has 21 heavy (non-hydrogen) atoms. The van der Waals surface area contributed by atoms with Gasteiger partial charge >= 0.3 is 0 Å². The number of benzene rings is 2. The van der Waals surface area contributed by atoms with Gasteiger partial charge in [-0.1, -0.05) is 58.7 Å². The van der Waals surface area contributed by atoms with Crippen molar-refractivity contribution in [1.82, 2.24) is 0 Å². The Kier molecular flexibility index (Phi) is 6.24. The zero-order chi connectivity index (χ0) is 15.2. The van der Waals surface area contributed by atoms with Gasteiger partial charge in [-0.15, -0.1) is 0 Å². The Hall–Kier alpha value is -0.870. The lowest BCUT2D eigenvalue weighted by Crippen LogP contribution is -2.29. The van der Waals surface area contributed by atoms with Crippen LogP contribution >= 0.6 is 27.5 Å². The van der Waals surface area contributed by atoms with E-state index >= 15 is 0 Å². The molecule has 0 aliphatic heterocycles. The molecule has 0 aliphatic rings. The van der Waals surface area contributed by atoms with Crippen LogP contribution in [0.4, 0.5) is 0 Å². The Balaban J connectivity index is 2.11. The largest absolute Gasteiger partial charge is 0.367 e. The van der Waals surface area contributed by atoms with E-state index in [-0.39, 0.29) is 12.1 Å². The van der Waals surface area contributed by atoms with E-state index in [1.807, 2.05) is 48.5 Å². The van der Waals surface area contributed by atoms with Crippen LogP contribution in [-0.4, -0.2) is 6.04 Å². The number of halogens is 2. The van der Waals surface area contributed by atoms with Crippen LogP contribution in [0.2, 0.25) is 5.02 Å². The lowest BCUT2D eigenvalue weighted by Gasteiger charge is -2.24. The third kappa shape index (κ3) is 4.82. The maximum absolute atomic E-state index is 6.21. The standard InChI is InChI=1S/C17H19BrClNO/c1-2-16(20)17(13-4-3-5-15(19)10-13)21-11-12-6-8-14(18)9-7-12/h3-10,16-17H,2,11,20H2,1H3. The van der Waals surface area contributed by atoms with Crippen molar-refractivity contribution in [1.29, 1.82) is 0 Å². The first kappa shape index (κ1) is 16.5. The number of ether oxygens (including phenoxy) is 1. The number of rotatable bonds is 6. The molecule has 0 spiro atoms. The Morgan fingerprint density at radius 3 is 2.52 bits per heavy atom. The monoisotopic (exact) mass is 367 g/mol. The van der Waals surface area contributed by atoms with Crippen molar-refractivity contribution in [3.05, 3.63) is 69.2 Å². The van der Waals surface area contributed by atoms with E-state index in [9.17, 15) is 0 Å². The van der Waals surface area contributed by atoms with E-state index in [4.69, 9.17) is 22.1 Å². The zero-order valence-electron chi connectivity index (χ0n) is 11.9. The van der Waals surface area contributed by atoms with Gasteiger partial charge in [-0.25, -0.2) is 0 Å². The van der Waals surface area contributed by atoms with Gasteiger partial charge in [-0.05, 0) is 41.8 Å². The second kappa shape index (κ2) is 7.95. The van der Waals surface area contributed by atoms with Gasteiger partial charge in [0.05, 0.1) is 12.7 Å². The van der Waals surface area contributed by atoms with Gasteiger partial charge < -0.3 is 10.5 Å². The third-order valence-corrected chi connectivity index (χ3v) is 4.14. The topological polar surface area (TPSA) is 35.2 Å². The minimum absolute atomic E-state index is 0.0566. The summed E-state index contributed by atoms with van der Waals surface area (Å²) in [5, 5.41) is 0.702. The van der Waals surface area contributed by atoms with Gasteiger partial charge in [0.25, 0.3) is 0 Å². The van der Waals surface area contributed by atoms with E-state index in [0.29, 0.717) is 11.6 Å². The van der Waals surface area contributed by atoms with Gasteiger partial charge in [-0.3, -0.25) is 0 Å². The van der Waals surface area contributed by atoms with E-state index in [1.54, 1.807) is 0 Å². The molecule has 0 amide bonds. The fourth-order valence-corrected chi connectivity index (χ4v) is 2.59. The van der Waals surface area contributed by atoms with Crippen LogP contribution in [0.3, 0.4) is 0 Å². The van der Waals surface area contributed by atoms with E-state index in [0.717, 1.165) is 22.0 Å². The minimum atomic E-state index is -0.155. The molecule has 4 heteroatoms. The molecule has 0 bridgehead atoms. The summed E-state index contributed by atoms with van der Waals surface area (Å²) in [5.74, 6) is 0. The molecule has 0 saturated carbocycles. The summed E-state index contributed by atoms with van der Waals surface area (Å²) in [6.07, 6.45) is 0.690. The molecule has 0 heterocycles. The molecule has 0 aromatic heterocycles. The van der Waals surface area contributed by atoms with Crippen molar-refractivity contribution in [2.75, 3.05) is 0 Å². The average Bonchev–Trinajstić information content (AvgIpc) is 2.49. The molecule has 2 N–H and O–H groups in total. The van der Waals surface area contributed by atoms with Gasteiger partial charge in [0.1, 0.15) is 0 Å². The summed E-state index contributed by atoms with van der Waals surface area (Å²) in [6, 6.07) is 15.7. The van der Waals surface area contributed by atoms with Crippen LogP contribution in [0, 0.1) is 0 Å². The quantitative estimate of drug-likeness (QED) is 0.770. The zero-order valence-corrected chi connectivity index (χ0v) is 14.3. The van der Waals surface area contributed by atoms with Gasteiger partial charge in [0.2, 0.25) is 0 Å². The first-order valence-electron chi connectivity index (χ1n) is 6.97.